The summed E-state index contributed by atoms with van der Waals surface area (Å²) < 4.78 is 47.7. The molecule has 67 heavy (non-hydrogen) atoms. The lowest BCUT2D eigenvalue weighted by molar-refractivity contribution is -0.127. The van der Waals surface area contributed by atoms with Crippen LogP contribution in [0.3, 0.4) is 0 Å². The molecule has 0 bridgehead atoms. The normalized spacial score (nSPS) is 13.0. The van der Waals surface area contributed by atoms with Gasteiger partial charge in [-0.1, -0.05) is 37.3 Å². The average Bonchev–Trinajstić information content (AvgIpc) is 4.14. The lowest BCUT2D eigenvalue weighted by Crippen LogP contribution is -2.52. The number of aromatic amines is 1. The van der Waals surface area contributed by atoms with E-state index in [1.807, 2.05) is 26.1 Å². The third-order valence-corrected chi connectivity index (χ3v) is 10.5. The molecule has 0 unspecified atom stereocenters. The quantitative estimate of drug-likeness (QED) is 0.0381. The van der Waals surface area contributed by atoms with Gasteiger partial charge in [0.15, 0.2) is 11.6 Å². The van der Waals surface area contributed by atoms with Crippen molar-refractivity contribution in [3.8, 4) is 11.6 Å². The molecule has 0 radical (unpaired) electrons. The Morgan fingerprint density at radius 3 is 2.00 bits per heavy atom. The molecule has 1 saturated heterocycles. The Morgan fingerprint density at radius 2 is 1.34 bits per heavy atom. The molecular formula is C45H60N10O12. The lowest BCUT2D eigenvalue weighted by Gasteiger charge is -2.34. The van der Waals surface area contributed by atoms with Crippen molar-refractivity contribution in [1.82, 2.24) is 49.5 Å². The Morgan fingerprint density at radius 1 is 0.731 bits per heavy atom. The molecule has 1 aliphatic heterocycles. The number of nitrogens with one attached hydrogen (secondary N) is 1. The van der Waals surface area contributed by atoms with Crippen molar-refractivity contribution < 1.29 is 57.1 Å². The van der Waals surface area contributed by atoms with Gasteiger partial charge in [0.25, 0.3) is 17.6 Å². The van der Waals surface area contributed by atoms with Gasteiger partial charge in [-0.15, -0.1) is 10.2 Å². The van der Waals surface area contributed by atoms with Crippen molar-refractivity contribution in [3.05, 3.63) is 77.9 Å². The van der Waals surface area contributed by atoms with E-state index in [0.717, 1.165) is 0 Å². The molecule has 22 nitrogen and oxygen atoms in total. The van der Waals surface area contributed by atoms with Crippen LogP contribution in [0.15, 0.2) is 55.2 Å². The number of hydrogen-bond donors (Lipinski definition) is 1. The maximum absolute atomic E-state index is 13.6. The standard InChI is InChI=1S/C45H60N10O12/c1-33(2)37(56)9-15-61-17-19-64-23-25-66-30-35-29-54(51-49-35)14-16-62-18-20-63-21-22-65-24-26-67-31-39-48-32-55(50-39)43-41-40(38(60-3)28-47-43)36(27-46-41)42(57)45(59)53-12-10-52(11-13-53)44(58)34-7-5-4-6-8-34/h4-8,27-29,32-33,46H,9-26,30-31H2,1-3H3. The van der Waals surface area contributed by atoms with Gasteiger partial charge in [-0.2, -0.15) is 0 Å². The van der Waals surface area contributed by atoms with Crippen molar-refractivity contribution in [2.75, 3.05) is 113 Å². The number of rotatable bonds is 31. The zero-order valence-electron chi connectivity index (χ0n) is 38.3. The van der Waals surface area contributed by atoms with E-state index in [1.54, 1.807) is 33.8 Å². The molecule has 1 aromatic carbocycles. The van der Waals surface area contributed by atoms with Crippen LogP contribution in [-0.2, 0) is 62.5 Å². The van der Waals surface area contributed by atoms with Gasteiger partial charge >= 0.3 is 0 Å². The molecule has 1 N–H and O–H groups in total. The number of piperazine rings is 1. The number of benzene rings is 1. The van der Waals surface area contributed by atoms with E-state index in [1.165, 1.54) is 35.4 Å². The van der Waals surface area contributed by atoms with Crippen LogP contribution in [0.4, 0.5) is 0 Å². The van der Waals surface area contributed by atoms with Crippen LogP contribution in [0.5, 0.6) is 5.75 Å². The summed E-state index contributed by atoms with van der Waals surface area (Å²) in [5.74, 6) is -0.204. The van der Waals surface area contributed by atoms with E-state index in [-0.39, 0.29) is 42.9 Å². The molecular weight excluding hydrogens is 873 g/mol. The van der Waals surface area contributed by atoms with Crippen LogP contribution in [0.2, 0.25) is 0 Å². The minimum atomic E-state index is -0.708. The first-order valence-electron chi connectivity index (χ1n) is 22.3. The summed E-state index contributed by atoms with van der Waals surface area (Å²) in [6.45, 7) is 10.7. The van der Waals surface area contributed by atoms with Gasteiger partial charge in [0.2, 0.25) is 0 Å². The maximum atomic E-state index is 13.6. The molecule has 0 atom stereocenters. The average molecular weight is 933 g/mol. The summed E-state index contributed by atoms with van der Waals surface area (Å²) >= 11 is 0. The highest BCUT2D eigenvalue weighted by molar-refractivity contribution is 6.45. The van der Waals surface area contributed by atoms with Crippen molar-refractivity contribution in [3.63, 3.8) is 0 Å². The monoisotopic (exact) mass is 932 g/mol. The van der Waals surface area contributed by atoms with Gasteiger partial charge < -0.3 is 52.7 Å². The van der Waals surface area contributed by atoms with Gasteiger partial charge in [-0.3, -0.25) is 19.2 Å². The van der Waals surface area contributed by atoms with Crippen molar-refractivity contribution in [2.45, 2.75) is 40.0 Å². The Hall–Kier alpha value is -6.01. The lowest BCUT2D eigenvalue weighted by atomic mass is 10.1. The highest BCUT2D eigenvalue weighted by Crippen LogP contribution is 2.32. The number of hydrogen-bond acceptors (Lipinski definition) is 17. The molecule has 0 spiro atoms. The molecule has 0 saturated carbocycles. The molecule has 362 valence electrons. The van der Waals surface area contributed by atoms with Crippen LogP contribution < -0.4 is 4.74 Å². The van der Waals surface area contributed by atoms with Gasteiger partial charge in [0.05, 0.1) is 128 Å². The zero-order valence-corrected chi connectivity index (χ0v) is 38.3. The first kappa shape index (κ1) is 50.4. The topological polar surface area (TPSA) is 239 Å². The van der Waals surface area contributed by atoms with E-state index in [0.29, 0.717) is 151 Å². The Labute approximate surface area is 388 Å². The van der Waals surface area contributed by atoms with Crippen molar-refractivity contribution in [1.29, 1.82) is 0 Å². The fourth-order valence-corrected chi connectivity index (χ4v) is 6.79. The van der Waals surface area contributed by atoms with E-state index in [4.69, 9.17) is 37.9 Å². The second kappa shape index (κ2) is 27.0. The number of carbonyl (C=O) groups excluding carboxylic acids is 4. The number of ketones is 2. The summed E-state index contributed by atoms with van der Waals surface area (Å²) in [5.41, 5.74) is 1.86. The molecule has 22 heteroatoms. The molecule has 4 aromatic heterocycles. The highest BCUT2D eigenvalue weighted by Gasteiger charge is 2.31. The predicted molar refractivity (Wildman–Crippen MR) is 239 cm³/mol. The highest BCUT2D eigenvalue weighted by atomic mass is 16.6. The van der Waals surface area contributed by atoms with E-state index in [9.17, 15) is 19.2 Å². The number of ether oxygens (including phenoxy) is 8. The number of nitrogens with zero attached hydrogens (tertiary/aromatic N) is 9. The SMILES string of the molecule is COc1cnc(-n2cnc(COCCOCCOCCOCCn3cc(COCCOCCOCCC(=O)C(C)C)nn3)n2)c2[nH]cc(C(=O)C(=O)N3CCN(C(=O)c4ccccc4)CC3)c12. The molecule has 1 fully saturated rings. The summed E-state index contributed by atoms with van der Waals surface area (Å²) in [4.78, 5) is 66.6. The number of carbonyl (C=O) groups is 4. The van der Waals surface area contributed by atoms with Gasteiger partial charge in [-0.05, 0) is 12.1 Å². The first-order valence-corrected chi connectivity index (χ1v) is 22.3. The Balaban J connectivity index is 0.795. The van der Waals surface area contributed by atoms with Crippen LogP contribution in [0, 0.1) is 5.92 Å². The zero-order chi connectivity index (χ0) is 47.2. The Kier molecular flexibility index (Phi) is 20.3. The smallest absolute Gasteiger partial charge is 0.295 e. The van der Waals surface area contributed by atoms with E-state index in [2.05, 4.69) is 30.4 Å². The van der Waals surface area contributed by atoms with Crippen LogP contribution >= 0.6 is 0 Å². The van der Waals surface area contributed by atoms with Crippen molar-refractivity contribution >= 4 is 34.3 Å². The van der Waals surface area contributed by atoms with Crippen LogP contribution in [0.1, 0.15) is 52.5 Å². The van der Waals surface area contributed by atoms with Crippen molar-refractivity contribution in [2.24, 2.45) is 5.92 Å². The van der Waals surface area contributed by atoms with E-state index >= 15 is 0 Å². The fraction of sp³-hybridized carbons (Fsp3) is 0.533. The number of Topliss-reactive ketones (excluding diaryl/α,β-unsaturated/α-hetero) is 2. The van der Waals surface area contributed by atoms with Crippen LogP contribution in [0.25, 0.3) is 16.7 Å². The minimum Gasteiger partial charge on any atom is -0.494 e. The summed E-state index contributed by atoms with van der Waals surface area (Å²) in [6.07, 6.45) is 6.65. The van der Waals surface area contributed by atoms with E-state index < -0.39 is 11.7 Å². The summed E-state index contributed by atoms with van der Waals surface area (Å²) in [6, 6.07) is 8.96. The van der Waals surface area contributed by atoms with Gasteiger partial charge in [-0.25, -0.2) is 19.3 Å². The second-order valence-corrected chi connectivity index (χ2v) is 15.5. The summed E-state index contributed by atoms with van der Waals surface area (Å²) in [5, 5.41) is 13.1. The molecule has 1 aliphatic rings. The number of aromatic nitrogens is 8. The largest absolute Gasteiger partial charge is 0.494 e. The molecule has 0 aliphatic carbocycles. The Bertz CT molecular complexity index is 2310. The second-order valence-electron chi connectivity index (χ2n) is 15.5. The molecule has 5 heterocycles. The van der Waals surface area contributed by atoms with Crippen LogP contribution in [-0.4, -0.2) is 185 Å². The number of amides is 2. The molecule has 5 aromatic rings. The molecule has 2 amide bonds. The number of H-pyrrole nitrogens is 1. The van der Waals surface area contributed by atoms with Gasteiger partial charge in [0.1, 0.15) is 30.2 Å². The summed E-state index contributed by atoms with van der Waals surface area (Å²) in [7, 11) is 1.46. The number of fused-ring (bicyclic) bond motifs is 1. The first-order chi connectivity index (χ1) is 32.7. The fourth-order valence-electron chi connectivity index (χ4n) is 6.79. The third-order valence-electron chi connectivity index (χ3n) is 10.5. The maximum Gasteiger partial charge on any atom is 0.295 e. The number of methoxy groups -OCH3 is 1. The predicted octanol–water partition coefficient (Wildman–Crippen LogP) is 2.34. The van der Waals surface area contributed by atoms with Gasteiger partial charge in [0, 0.05) is 50.3 Å². The third kappa shape index (κ3) is 15.3. The minimum absolute atomic E-state index is 0.0330. The number of pyridine rings is 1. The molecule has 6 rings (SSSR count).